The zero-order valence-corrected chi connectivity index (χ0v) is 19.3. The summed E-state index contributed by atoms with van der Waals surface area (Å²) in [6.07, 6.45) is -37.7. The van der Waals surface area contributed by atoms with E-state index in [1.54, 1.807) is 0 Å². The molecule has 0 aromatic heterocycles. The van der Waals surface area contributed by atoms with E-state index in [0.29, 0.717) is 0 Å². The van der Waals surface area contributed by atoms with Gasteiger partial charge in [-0.05, 0) is 0 Å². The molecule has 0 aliphatic heterocycles. The van der Waals surface area contributed by atoms with E-state index < -0.39 is 83.0 Å². The van der Waals surface area contributed by atoms with Crippen LogP contribution >= 0.6 is 0 Å². The Morgan fingerprint density at radius 3 is 1.15 bits per heavy atom. The Bertz CT molecular complexity index is 724. The first-order valence-corrected chi connectivity index (χ1v) is 8.93. The van der Waals surface area contributed by atoms with E-state index in [1.165, 1.54) is 0 Å². The molecule has 0 aliphatic carbocycles. The van der Waals surface area contributed by atoms with Crippen LogP contribution in [0.25, 0.3) is 0 Å². The zero-order valence-electron chi connectivity index (χ0n) is 15.4. The summed E-state index contributed by atoms with van der Waals surface area (Å²) in [5.41, 5.74) is -5.69. The standard InChI is InChI=1S/C12H10F16O3S.K/c13-1(2(14)4(16)6(18)8(20)21)3(15)5(17)7(19)10(23,24)12(27,28)11(25,26)9(22)32(29,30)31;/h1-9H,(H,29,30,31);/q;+1/p-1. The second-order valence-electron chi connectivity index (χ2n) is 6.03. The maximum atomic E-state index is 13.4. The predicted molar refractivity (Wildman–Crippen MR) is 69.7 cm³/mol. The summed E-state index contributed by atoms with van der Waals surface area (Å²) in [6, 6.07) is 0. The van der Waals surface area contributed by atoms with Crippen LogP contribution in [0.15, 0.2) is 0 Å². The third-order valence-corrected chi connectivity index (χ3v) is 4.57. The minimum absolute atomic E-state index is 0. The van der Waals surface area contributed by atoms with Crippen LogP contribution in [0.2, 0.25) is 0 Å². The molecule has 8 atom stereocenters. The quantitative estimate of drug-likeness (QED) is 0.201. The molecule has 0 radical (unpaired) electrons. The van der Waals surface area contributed by atoms with Gasteiger partial charge in [0.1, 0.15) is 10.1 Å². The van der Waals surface area contributed by atoms with Crippen molar-refractivity contribution in [1.82, 2.24) is 0 Å². The van der Waals surface area contributed by atoms with Gasteiger partial charge >= 0.3 is 69.2 Å². The van der Waals surface area contributed by atoms with Gasteiger partial charge in [-0.25, -0.2) is 52.3 Å². The monoisotopic (exact) mass is 576 g/mol. The van der Waals surface area contributed by atoms with Crippen molar-refractivity contribution >= 4 is 10.1 Å². The van der Waals surface area contributed by atoms with Crippen molar-refractivity contribution in [2.75, 3.05) is 0 Å². The van der Waals surface area contributed by atoms with Crippen molar-refractivity contribution in [3.8, 4) is 0 Å². The fourth-order valence-electron chi connectivity index (χ4n) is 1.92. The SMILES string of the molecule is O=S(=O)([O-])C(F)C(F)(F)C(F)(F)C(F)(F)C(F)C(F)C(F)C(F)C(F)C(F)C(F)C(F)F.[K+]. The number of alkyl halides is 16. The van der Waals surface area contributed by atoms with E-state index in [1.807, 2.05) is 0 Å². The van der Waals surface area contributed by atoms with Crippen molar-refractivity contribution < 1.29 is 135 Å². The number of hydrogen-bond donors (Lipinski definition) is 0. The first-order chi connectivity index (χ1) is 14.0. The molecule has 0 aromatic carbocycles. The summed E-state index contributed by atoms with van der Waals surface area (Å²) in [7, 11) is -7.13. The fraction of sp³-hybridized carbons (Fsp3) is 1.00. The Kier molecular flexibility index (Phi) is 13.1. The van der Waals surface area contributed by atoms with Gasteiger partial charge in [-0.1, -0.05) is 0 Å². The smallest absolute Gasteiger partial charge is 0.746 e. The van der Waals surface area contributed by atoms with Gasteiger partial charge in [0.15, 0.2) is 37.0 Å². The van der Waals surface area contributed by atoms with Gasteiger partial charge < -0.3 is 4.55 Å². The molecular formula is C12H9F16KO3S. The Labute approximate surface area is 216 Å². The zero-order chi connectivity index (χ0) is 26.2. The first kappa shape index (κ1) is 35.6. The molecule has 0 N–H and O–H groups in total. The summed E-state index contributed by atoms with van der Waals surface area (Å²) in [4.78, 5) is 0. The molecule has 0 fully saturated rings. The molecule has 0 saturated heterocycles. The van der Waals surface area contributed by atoms with E-state index in [2.05, 4.69) is 0 Å². The molecule has 0 aromatic rings. The molecule has 0 heterocycles. The maximum Gasteiger partial charge on any atom is 1.00 e. The molecule has 0 amide bonds. The molecule has 0 aliphatic rings. The van der Waals surface area contributed by atoms with E-state index in [9.17, 15) is 83.2 Å². The molecule has 8 unspecified atom stereocenters. The maximum absolute atomic E-state index is 13.4. The third-order valence-electron chi connectivity index (χ3n) is 3.76. The summed E-state index contributed by atoms with van der Waals surface area (Å²) < 4.78 is 238. The van der Waals surface area contributed by atoms with E-state index >= 15 is 0 Å². The van der Waals surface area contributed by atoms with Gasteiger partial charge in [0.25, 0.3) is 11.9 Å². The minimum Gasteiger partial charge on any atom is -0.746 e. The normalized spacial score (nSPS) is 21.4. The van der Waals surface area contributed by atoms with Gasteiger partial charge in [0.2, 0.25) is 6.17 Å². The molecule has 0 rings (SSSR count). The Morgan fingerprint density at radius 2 is 0.848 bits per heavy atom. The molecule has 0 saturated carbocycles. The second-order valence-corrected chi connectivity index (χ2v) is 7.43. The molecule has 3 nitrogen and oxygen atoms in total. The number of rotatable bonds is 12. The van der Waals surface area contributed by atoms with Crippen LogP contribution in [-0.2, 0) is 10.1 Å². The van der Waals surface area contributed by atoms with Gasteiger partial charge in [-0.2, -0.15) is 26.3 Å². The summed E-state index contributed by atoms with van der Waals surface area (Å²) in [5.74, 6) is -22.3. The summed E-state index contributed by atoms with van der Waals surface area (Å²) in [5, 5.41) is 0. The van der Waals surface area contributed by atoms with Crippen LogP contribution in [-0.4, -0.2) is 85.9 Å². The van der Waals surface area contributed by atoms with Crippen LogP contribution < -0.4 is 51.4 Å². The van der Waals surface area contributed by atoms with Crippen LogP contribution in [0.5, 0.6) is 0 Å². The molecule has 0 bridgehead atoms. The molecule has 21 heteroatoms. The molecule has 194 valence electrons. The largest absolute Gasteiger partial charge is 1.00 e. The topological polar surface area (TPSA) is 57.2 Å². The first-order valence-electron chi connectivity index (χ1n) is 7.46. The molecule has 33 heavy (non-hydrogen) atoms. The van der Waals surface area contributed by atoms with Crippen molar-refractivity contribution in [3.63, 3.8) is 0 Å². The van der Waals surface area contributed by atoms with Crippen molar-refractivity contribution in [3.05, 3.63) is 0 Å². The fourth-order valence-corrected chi connectivity index (χ4v) is 2.43. The van der Waals surface area contributed by atoms with E-state index in [0.717, 1.165) is 0 Å². The number of halogens is 16. The predicted octanol–water partition coefficient (Wildman–Crippen LogP) is 1.37. The van der Waals surface area contributed by atoms with Crippen LogP contribution in [0, 0.1) is 0 Å². The van der Waals surface area contributed by atoms with E-state index in [4.69, 9.17) is 0 Å². The van der Waals surface area contributed by atoms with Crippen LogP contribution in [0.4, 0.5) is 70.2 Å². The molecule has 0 spiro atoms. The Morgan fingerprint density at radius 1 is 0.545 bits per heavy atom. The van der Waals surface area contributed by atoms with Crippen molar-refractivity contribution in [1.29, 1.82) is 0 Å². The van der Waals surface area contributed by atoms with Crippen LogP contribution in [0.3, 0.4) is 0 Å². The molecular weight excluding hydrogens is 567 g/mol. The van der Waals surface area contributed by atoms with Gasteiger partial charge in [-0.15, -0.1) is 0 Å². The summed E-state index contributed by atoms with van der Waals surface area (Å²) in [6.45, 7) is 0. The van der Waals surface area contributed by atoms with E-state index in [-0.39, 0.29) is 51.4 Å². The average Bonchev–Trinajstić information content (AvgIpc) is 2.67. The third kappa shape index (κ3) is 7.23. The van der Waals surface area contributed by atoms with Gasteiger partial charge in [0, 0.05) is 0 Å². The Hall–Kier alpha value is 0.426. The second kappa shape index (κ2) is 12.1. The number of hydrogen-bond acceptors (Lipinski definition) is 3. The summed E-state index contributed by atoms with van der Waals surface area (Å²) >= 11 is 0. The minimum atomic E-state index is -7.64. The van der Waals surface area contributed by atoms with Crippen molar-refractivity contribution in [2.45, 2.75) is 72.9 Å². The van der Waals surface area contributed by atoms with Crippen molar-refractivity contribution in [2.24, 2.45) is 0 Å². The average molecular weight is 576 g/mol. The van der Waals surface area contributed by atoms with Gasteiger partial charge in [0.05, 0.1) is 0 Å². The van der Waals surface area contributed by atoms with Gasteiger partial charge in [-0.3, -0.25) is 0 Å². The van der Waals surface area contributed by atoms with Crippen LogP contribution in [0.1, 0.15) is 0 Å². The Balaban J connectivity index is 0.